The summed E-state index contributed by atoms with van der Waals surface area (Å²) in [5.41, 5.74) is 8.57. The highest BCUT2D eigenvalue weighted by atomic mass is 16.5. The van der Waals surface area contributed by atoms with Crippen molar-refractivity contribution in [2.24, 2.45) is 5.41 Å². The monoisotopic (exact) mass is 425 g/mol. The number of rotatable bonds is 4. The molecule has 3 aromatic carbocycles. The van der Waals surface area contributed by atoms with E-state index >= 15 is 0 Å². The molecule has 1 heterocycles. The molecule has 2 heteroatoms. The first-order valence-corrected chi connectivity index (χ1v) is 11.9. The van der Waals surface area contributed by atoms with E-state index in [9.17, 15) is 0 Å². The molecule has 1 saturated heterocycles. The largest absolute Gasteiger partial charge is 0.496 e. The second-order valence-corrected chi connectivity index (χ2v) is 10.5. The third-order valence-corrected chi connectivity index (χ3v) is 8.63. The molecule has 0 saturated carbocycles. The number of ether oxygens (including phenoxy) is 1. The van der Waals surface area contributed by atoms with Crippen LogP contribution in [-0.4, -0.2) is 24.6 Å². The highest BCUT2D eigenvalue weighted by Crippen LogP contribution is 2.59. The summed E-state index contributed by atoms with van der Waals surface area (Å²) in [6.07, 6.45) is 2.19. The second-order valence-electron chi connectivity index (χ2n) is 10.5. The van der Waals surface area contributed by atoms with E-state index in [4.69, 9.17) is 4.74 Å². The lowest BCUT2D eigenvalue weighted by atomic mass is 9.50. The highest BCUT2D eigenvalue weighted by molar-refractivity contribution is 5.74. The van der Waals surface area contributed by atoms with Crippen LogP contribution in [0.3, 0.4) is 0 Å². The van der Waals surface area contributed by atoms with E-state index < -0.39 is 0 Å². The van der Waals surface area contributed by atoms with Gasteiger partial charge in [0.05, 0.1) is 7.11 Å². The van der Waals surface area contributed by atoms with Crippen molar-refractivity contribution in [2.75, 3.05) is 13.7 Å². The molecule has 0 aromatic heterocycles. The first-order chi connectivity index (χ1) is 15.3. The van der Waals surface area contributed by atoms with Gasteiger partial charge in [0, 0.05) is 23.6 Å². The van der Waals surface area contributed by atoms with Crippen molar-refractivity contribution in [3.05, 3.63) is 89.0 Å². The van der Waals surface area contributed by atoms with Gasteiger partial charge in [-0.05, 0) is 60.0 Å². The fraction of sp³-hybridized carbons (Fsp3) is 0.400. The van der Waals surface area contributed by atoms with Crippen molar-refractivity contribution in [1.29, 1.82) is 0 Å². The Kier molecular flexibility index (Phi) is 5.17. The molecular formula is C30H35NO. The van der Waals surface area contributed by atoms with Gasteiger partial charge >= 0.3 is 0 Å². The zero-order chi connectivity index (χ0) is 22.5. The fourth-order valence-corrected chi connectivity index (χ4v) is 6.33. The molecule has 0 N–H and O–H groups in total. The van der Waals surface area contributed by atoms with E-state index in [1.165, 1.54) is 33.4 Å². The number of hydrogen-bond donors (Lipinski definition) is 0. The van der Waals surface area contributed by atoms with Crippen molar-refractivity contribution in [1.82, 2.24) is 4.90 Å². The molecule has 32 heavy (non-hydrogen) atoms. The van der Waals surface area contributed by atoms with Gasteiger partial charge < -0.3 is 4.74 Å². The lowest BCUT2D eigenvalue weighted by Crippen LogP contribution is -2.63. The molecule has 1 aliphatic heterocycles. The minimum absolute atomic E-state index is 0.0905. The summed E-state index contributed by atoms with van der Waals surface area (Å²) < 4.78 is 5.94. The van der Waals surface area contributed by atoms with E-state index in [0.717, 1.165) is 31.7 Å². The molecular weight excluding hydrogens is 390 g/mol. The Hall–Kier alpha value is -2.58. The van der Waals surface area contributed by atoms with Gasteiger partial charge in [-0.25, -0.2) is 0 Å². The predicted octanol–water partition coefficient (Wildman–Crippen LogP) is 6.79. The van der Waals surface area contributed by atoms with Gasteiger partial charge in [0.15, 0.2) is 0 Å². The molecule has 2 aliphatic rings. The number of aryl methyl sites for hydroxylation is 1. The summed E-state index contributed by atoms with van der Waals surface area (Å²) in [7, 11) is 1.82. The van der Waals surface area contributed by atoms with Crippen molar-refractivity contribution < 1.29 is 4.74 Å². The average molecular weight is 426 g/mol. The molecule has 0 radical (unpaired) electrons. The quantitative estimate of drug-likeness (QED) is 0.456. The normalized spacial score (nSPS) is 24.1. The molecule has 2 nitrogen and oxygen atoms in total. The Morgan fingerprint density at radius 2 is 1.66 bits per heavy atom. The third-order valence-electron chi connectivity index (χ3n) is 8.63. The Bertz CT molecular complexity index is 1120. The summed E-state index contributed by atoms with van der Waals surface area (Å²) in [6.45, 7) is 11.8. The number of nitrogens with zero attached hydrogens (tertiary/aromatic N) is 1. The number of piperidine rings is 1. The minimum Gasteiger partial charge on any atom is -0.496 e. The lowest BCUT2D eigenvalue weighted by Gasteiger charge is -2.61. The zero-order valence-electron chi connectivity index (χ0n) is 20.1. The standard InChI is InChI=1S/C30H35NO/c1-21-11-13-23(14-12-21)24-15-16-26(32-5)25-19-27-29(2,3)30(4,28(24)25)17-18-31(27)20-22-9-7-6-8-10-22/h6-16,27H,17-20H2,1-5H3/t27-,30+/m1/s1. The van der Waals surface area contributed by atoms with Crippen molar-refractivity contribution >= 4 is 0 Å². The Morgan fingerprint density at radius 3 is 2.34 bits per heavy atom. The van der Waals surface area contributed by atoms with Gasteiger partial charge in [-0.1, -0.05) is 87.0 Å². The zero-order valence-corrected chi connectivity index (χ0v) is 20.1. The van der Waals surface area contributed by atoms with Gasteiger partial charge in [0.25, 0.3) is 0 Å². The minimum atomic E-state index is 0.0905. The number of hydrogen-bond acceptors (Lipinski definition) is 2. The van der Waals surface area contributed by atoms with Crippen LogP contribution in [0.1, 0.15) is 49.4 Å². The van der Waals surface area contributed by atoms with E-state index in [0.29, 0.717) is 6.04 Å². The smallest absolute Gasteiger partial charge is 0.122 e. The Balaban J connectivity index is 1.65. The van der Waals surface area contributed by atoms with E-state index in [1.54, 1.807) is 0 Å². The SMILES string of the molecule is COc1ccc(-c2ccc(C)cc2)c2c1C[C@H]1N(Cc3ccccc3)CC[C@]2(C)C1(C)C. The summed E-state index contributed by atoms with van der Waals surface area (Å²) in [5, 5.41) is 0. The fourth-order valence-electron chi connectivity index (χ4n) is 6.33. The molecule has 3 aromatic rings. The Morgan fingerprint density at radius 1 is 0.938 bits per heavy atom. The number of benzene rings is 3. The van der Waals surface area contributed by atoms with Gasteiger partial charge in [0.2, 0.25) is 0 Å². The van der Waals surface area contributed by atoms with Gasteiger partial charge in [-0.2, -0.15) is 0 Å². The predicted molar refractivity (Wildman–Crippen MR) is 133 cm³/mol. The number of likely N-dealkylation sites (tertiary alicyclic amines) is 1. The van der Waals surface area contributed by atoms with Gasteiger partial charge in [-0.15, -0.1) is 0 Å². The van der Waals surface area contributed by atoms with Crippen LogP contribution in [0.15, 0.2) is 66.7 Å². The maximum Gasteiger partial charge on any atom is 0.122 e. The summed E-state index contributed by atoms with van der Waals surface area (Å²) in [4.78, 5) is 2.72. The van der Waals surface area contributed by atoms with Crippen molar-refractivity contribution in [2.45, 2.75) is 58.5 Å². The van der Waals surface area contributed by atoms with Crippen LogP contribution in [0.25, 0.3) is 11.1 Å². The molecule has 5 rings (SSSR count). The number of methoxy groups -OCH3 is 1. The van der Waals surface area contributed by atoms with Gasteiger partial charge in [-0.3, -0.25) is 4.90 Å². The Labute approximate surface area is 193 Å². The molecule has 0 spiro atoms. The van der Waals surface area contributed by atoms with Crippen LogP contribution in [0.2, 0.25) is 0 Å². The summed E-state index contributed by atoms with van der Waals surface area (Å²) in [6, 6.07) is 24.9. The maximum atomic E-state index is 5.94. The van der Waals surface area contributed by atoms with E-state index in [-0.39, 0.29) is 10.8 Å². The average Bonchev–Trinajstić information content (AvgIpc) is 2.78. The van der Waals surface area contributed by atoms with Crippen LogP contribution in [0.5, 0.6) is 5.75 Å². The summed E-state index contributed by atoms with van der Waals surface area (Å²) >= 11 is 0. The first kappa shape index (κ1) is 21.3. The molecule has 2 atom stereocenters. The van der Waals surface area contributed by atoms with Crippen LogP contribution in [0, 0.1) is 12.3 Å². The van der Waals surface area contributed by atoms with Crippen LogP contribution < -0.4 is 4.74 Å². The molecule has 166 valence electrons. The molecule has 0 amide bonds. The van der Waals surface area contributed by atoms with E-state index in [2.05, 4.69) is 99.3 Å². The van der Waals surface area contributed by atoms with Gasteiger partial charge in [0.1, 0.15) is 5.75 Å². The highest BCUT2D eigenvalue weighted by Gasteiger charge is 2.57. The second kappa shape index (κ2) is 7.78. The molecule has 2 bridgehead atoms. The number of fused-ring (bicyclic) bond motifs is 4. The molecule has 1 fully saturated rings. The summed E-state index contributed by atoms with van der Waals surface area (Å²) in [5.74, 6) is 1.05. The van der Waals surface area contributed by atoms with Crippen LogP contribution in [0.4, 0.5) is 0 Å². The third kappa shape index (κ3) is 3.19. The van der Waals surface area contributed by atoms with Crippen molar-refractivity contribution in [3.8, 4) is 16.9 Å². The van der Waals surface area contributed by atoms with Crippen LogP contribution in [-0.2, 0) is 18.4 Å². The van der Waals surface area contributed by atoms with E-state index in [1.807, 2.05) is 7.11 Å². The molecule has 1 aliphatic carbocycles. The maximum absolute atomic E-state index is 5.94. The van der Waals surface area contributed by atoms with Crippen LogP contribution >= 0.6 is 0 Å². The first-order valence-electron chi connectivity index (χ1n) is 11.9. The topological polar surface area (TPSA) is 12.5 Å². The lowest BCUT2D eigenvalue weighted by molar-refractivity contribution is -0.0423. The van der Waals surface area contributed by atoms with Crippen molar-refractivity contribution in [3.63, 3.8) is 0 Å². The molecule has 0 unspecified atom stereocenters.